The van der Waals surface area contributed by atoms with Crippen molar-refractivity contribution < 1.29 is 13.2 Å². The van der Waals surface area contributed by atoms with E-state index < -0.39 is 17.2 Å². The highest BCUT2D eigenvalue weighted by molar-refractivity contribution is 5.87. The number of aliphatic imine (C=N–C) groups is 1. The molecule has 0 amide bonds. The number of hydrogen-bond acceptors (Lipinski definition) is 4. The number of nitrogens with zero attached hydrogens (tertiary/aromatic N) is 2. The first-order valence-corrected chi connectivity index (χ1v) is 12.9. The molecule has 3 rings (SSSR count). The van der Waals surface area contributed by atoms with Gasteiger partial charge in [0.2, 0.25) is 0 Å². The van der Waals surface area contributed by atoms with Gasteiger partial charge in [0.1, 0.15) is 0 Å². The average Bonchev–Trinajstić information content (AvgIpc) is 2.87. The van der Waals surface area contributed by atoms with Crippen LogP contribution in [0, 0.1) is 13.8 Å². The summed E-state index contributed by atoms with van der Waals surface area (Å²) in [6, 6.07) is 15.5. The highest BCUT2D eigenvalue weighted by Crippen LogP contribution is 2.41. The molecule has 3 N–H and O–H groups in total. The lowest BCUT2D eigenvalue weighted by Gasteiger charge is -2.35. The summed E-state index contributed by atoms with van der Waals surface area (Å²) in [6.07, 6.45) is -1.52. The minimum Gasteiger partial charge on any atom is -0.403 e. The van der Waals surface area contributed by atoms with Crippen LogP contribution in [0.3, 0.4) is 0 Å². The van der Waals surface area contributed by atoms with Crippen LogP contribution in [-0.4, -0.2) is 17.7 Å². The maximum Gasteiger partial charge on any atom is 0.416 e. The number of rotatable bonds is 9. The molecule has 7 heteroatoms. The van der Waals surface area contributed by atoms with Gasteiger partial charge in [0.25, 0.3) is 0 Å². The second kappa shape index (κ2) is 11.9. The molecule has 1 atom stereocenters. The Morgan fingerprint density at radius 2 is 1.67 bits per heavy atom. The number of aryl methyl sites for hydroxylation is 3. The van der Waals surface area contributed by atoms with Crippen molar-refractivity contribution >= 4 is 17.0 Å². The van der Waals surface area contributed by atoms with Crippen molar-refractivity contribution in [3.63, 3.8) is 0 Å². The molecule has 3 aromatic rings. The Labute approximate surface area is 229 Å². The molecule has 0 saturated heterocycles. The fourth-order valence-corrected chi connectivity index (χ4v) is 4.90. The van der Waals surface area contributed by atoms with Gasteiger partial charge in [-0.15, -0.1) is 0 Å². The Bertz CT molecular complexity index is 1400. The molecule has 0 spiro atoms. The summed E-state index contributed by atoms with van der Waals surface area (Å²) >= 11 is 0. The maximum absolute atomic E-state index is 12.9. The van der Waals surface area contributed by atoms with E-state index in [1.54, 1.807) is 6.20 Å². The third kappa shape index (κ3) is 6.59. The van der Waals surface area contributed by atoms with Gasteiger partial charge in [-0.05, 0) is 100 Å². The predicted molar refractivity (Wildman–Crippen MR) is 155 cm³/mol. The molecule has 0 aliphatic heterocycles. The van der Waals surface area contributed by atoms with Crippen LogP contribution in [0.5, 0.6) is 0 Å². The second-order valence-electron chi connectivity index (χ2n) is 10.1. The third-order valence-electron chi connectivity index (χ3n) is 7.14. The molecule has 206 valence electrons. The summed E-state index contributed by atoms with van der Waals surface area (Å²) in [5, 5.41) is 3.27. The quantitative estimate of drug-likeness (QED) is 0.275. The van der Waals surface area contributed by atoms with Gasteiger partial charge in [-0.2, -0.15) is 13.2 Å². The molecule has 0 aliphatic rings. The van der Waals surface area contributed by atoms with Crippen LogP contribution in [-0.2, 0) is 18.0 Å². The number of allylic oxidation sites excluding steroid dienone is 2. The molecular formula is C32H37F3N4. The number of alkyl halides is 3. The summed E-state index contributed by atoms with van der Waals surface area (Å²) in [7, 11) is 1.85. The van der Waals surface area contributed by atoms with Crippen LogP contribution in [0.2, 0.25) is 0 Å². The molecule has 0 bridgehead atoms. The molecule has 1 unspecified atom stereocenters. The lowest BCUT2D eigenvalue weighted by atomic mass is 9.72. The van der Waals surface area contributed by atoms with E-state index in [2.05, 4.69) is 37.0 Å². The van der Waals surface area contributed by atoms with E-state index in [0.29, 0.717) is 12.8 Å². The Hall–Kier alpha value is -3.87. The predicted octanol–water partition coefficient (Wildman–Crippen LogP) is 7.80. The van der Waals surface area contributed by atoms with Gasteiger partial charge >= 0.3 is 6.18 Å². The summed E-state index contributed by atoms with van der Waals surface area (Å²) in [5.74, 6) is 0. The van der Waals surface area contributed by atoms with Crippen molar-refractivity contribution in [3.05, 3.63) is 112 Å². The number of likely N-dealkylation sites (N-methyl/N-ethyl adjacent to an activating group) is 1. The zero-order valence-corrected chi connectivity index (χ0v) is 23.5. The van der Waals surface area contributed by atoms with Crippen molar-refractivity contribution in [3.8, 4) is 0 Å². The zero-order valence-electron chi connectivity index (χ0n) is 23.5. The normalized spacial score (nSPS) is 14.2. The Kier molecular flexibility index (Phi) is 9.05. The number of halogens is 3. The lowest BCUT2D eigenvalue weighted by Crippen LogP contribution is -2.34. The average molecular weight is 535 g/mol. The first kappa shape index (κ1) is 29.7. The Balaban J connectivity index is 1.97. The standard InChI is InChI=1S/C32H37F3N4/c1-20(2)27-18-26(31(6,30(19-36)37-7)28-16-9-21(3)38-23(28)5)15-17-29(27)39-22(4)8-10-24-11-13-25(14-12-24)32(33,34)35/h9,11-19,37H,1,8,10,36H2,2-7H3/b30-19-,39-22?. The van der Waals surface area contributed by atoms with Crippen molar-refractivity contribution in [1.29, 1.82) is 0 Å². The van der Waals surface area contributed by atoms with E-state index in [9.17, 15) is 13.2 Å². The summed E-state index contributed by atoms with van der Waals surface area (Å²) in [4.78, 5) is 9.57. The van der Waals surface area contributed by atoms with Gasteiger partial charge in [-0.3, -0.25) is 9.98 Å². The largest absolute Gasteiger partial charge is 0.416 e. The van der Waals surface area contributed by atoms with Gasteiger partial charge < -0.3 is 11.1 Å². The number of nitrogens with one attached hydrogen (secondary N) is 1. The summed E-state index contributed by atoms with van der Waals surface area (Å²) < 4.78 is 38.6. The van der Waals surface area contributed by atoms with E-state index >= 15 is 0 Å². The molecule has 4 nitrogen and oxygen atoms in total. The monoisotopic (exact) mass is 534 g/mol. The topological polar surface area (TPSA) is 63.3 Å². The highest BCUT2D eigenvalue weighted by atomic mass is 19.4. The number of benzene rings is 2. The van der Waals surface area contributed by atoms with E-state index in [4.69, 9.17) is 15.7 Å². The van der Waals surface area contributed by atoms with Crippen LogP contribution in [0.25, 0.3) is 5.57 Å². The molecule has 0 saturated carbocycles. The fourth-order valence-electron chi connectivity index (χ4n) is 4.90. The van der Waals surface area contributed by atoms with Gasteiger partial charge in [0.15, 0.2) is 0 Å². The van der Waals surface area contributed by atoms with Gasteiger partial charge in [0, 0.05) is 41.6 Å². The lowest BCUT2D eigenvalue weighted by molar-refractivity contribution is -0.137. The minimum absolute atomic E-state index is 0.596. The van der Waals surface area contributed by atoms with Crippen LogP contribution < -0.4 is 11.1 Å². The minimum atomic E-state index is -4.33. The second-order valence-corrected chi connectivity index (χ2v) is 10.1. The Morgan fingerprint density at radius 3 is 2.21 bits per heavy atom. The molecule has 2 aromatic carbocycles. The smallest absolute Gasteiger partial charge is 0.403 e. The number of hydrogen-bond donors (Lipinski definition) is 2. The van der Waals surface area contributed by atoms with Crippen molar-refractivity contribution in [2.75, 3.05) is 7.05 Å². The van der Waals surface area contributed by atoms with Gasteiger partial charge in [-0.25, -0.2) is 0 Å². The number of pyridine rings is 1. The molecule has 0 aliphatic carbocycles. The van der Waals surface area contributed by atoms with Crippen LogP contribution in [0.4, 0.5) is 18.9 Å². The highest BCUT2D eigenvalue weighted by Gasteiger charge is 2.35. The first-order chi connectivity index (χ1) is 18.3. The molecule has 1 aromatic heterocycles. The van der Waals surface area contributed by atoms with E-state index in [1.165, 1.54) is 12.1 Å². The number of aromatic nitrogens is 1. The Morgan fingerprint density at radius 1 is 1.03 bits per heavy atom. The molecule has 1 heterocycles. The first-order valence-electron chi connectivity index (χ1n) is 12.9. The van der Waals surface area contributed by atoms with E-state index in [1.807, 2.05) is 46.9 Å². The third-order valence-corrected chi connectivity index (χ3v) is 7.14. The van der Waals surface area contributed by atoms with Gasteiger partial charge in [0.05, 0.1) is 16.7 Å². The summed E-state index contributed by atoms with van der Waals surface area (Å²) in [5.41, 5.74) is 13.9. The van der Waals surface area contributed by atoms with Crippen LogP contribution in [0.15, 0.2) is 78.1 Å². The van der Waals surface area contributed by atoms with Crippen molar-refractivity contribution in [2.45, 2.75) is 59.1 Å². The molecular weight excluding hydrogens is 497 g/mol. The van der Waals surface area contributed by atoms with E-state index in [-0.39, 0.29) is 0 Å². The van der Waals surface area contributed by atoms with Gasteiger partial charge in [-0.1, -0.05) is 30.8 Å². The van der Waals surface area contributed by atoms with E-state index in [0.717, 1.165) is 68.4 Å². The number of nitrogens with two attached hydrogens (primary N) is 1. The molecule has 0 fully saturated rings. The summed E-state index contributed by atoms with van der Waals surface area (Å²) in [6.45, 7) is 14.2. The maximum atomic E-state index is 12.9. The molecule has 39 heavy (non-hydrogen) atoms. The molecule has 0 radical (unpaired) electrons. The van der Waals surface area contributed by atoms with Crippen LogP contribution >= 0.6 is 0 Å². The van der Waals surface area contributed by atoms with Crippen LogP contribution in [0.1, 0.15) is 66.4 Å². The van der Waals surface area contributed by atoms with Crippen molar-refractivity contribution in [2.24, 2.45) is 10.7 Å². The van der Waals surface area contributed by atoms with Crippen molar-refractivity contribution in [1.82, 2.24) is 10.3 Å². The zero-order chi connectivity index (χ0) is 29.0. The SMILES string of the molecule is C=C(C)c1cc(C(C)(/C(=C/N)NC)c2ccc(C)nc2C)ccc1N=C(C)CCc1ccc(C(F)(F)F)cc1. The fraction of sp³-hybridized carbons (Fsp3) is 0.312.